The first kappa shape index (κ1) is 17.8. The number of benzene rings is 1. The van der Waals surface area contributed by atoms with Gasteiger partial charge in [0.1, 0.15) is 23.1 Å². The molecule has 0 saturated carbocycles. The molecule has 1 amide bonds. The van der Waals surface area contributed by atoms with Gasteiger partial charge in [-0.2, -0.15) is 5.10 Å². The van der Waals surface area contributed by atoms with Crippen LogP contribution in [0.3, 0.4) is 0 Å². The Labute approximate surface area is 171 Å². The summed E-state index contributed by atoms with van der Waals surface area (Å²) in [6.45, 7) is 0. The van der Waals surface area contributed by atoms with E-state index >= 15 is 0 Å². The van der Waals surface area contributed by atoms with Gasteiger partial charge in [-0.1, -0.05) is 36.0 Å². The van der Waals surface area contributed by atoms with Crippen LogP contribution in [0, 0.1) is 0 Å². The molecule has 29 heavy (non-hydrogen) atoms. The van der Waals surface area contributed by atoms with E-state index in [4.69, 9.17) is 8.83 Å². The lowest BCUT2D eigenvalue weighted by Gasteiger charge is -2.19. The van der Waals surface area contributed by atoms with E-state index in [-0.39, 0.29) is 17.7 Å². The van der Waals surface area contributed by atoms with Crippen LogP contribution in [0.15, 0.2) is 92.1 Å². The molecule has 0 N–H and O–H groups in total. The summed E-state index contributed by atoms with van der Waals surface area (Å²) in [5.41, 5.74) is 1.54. The van der Waals surface area contributed by atoms with Crippen LogP contribution in [-0.4, -0.2) is 27.4 Å². The highest BCUT2D eigenvalue weighted by Crippen LogP contribution is 2.35. The van der Waals surface area contributed by atoms with Crippen LogP contribution >= 0.6 is 11.8 Å². The van der Waals surface area contributed by atoms with E-state index in [0.717, 1.165) is 21.7 Å². The highest BCUT2D eigenvalue weighted by atomic mass is 32.2. The van der Waals surface area contributed by atoms with Crippen molar-refractivity contribution in [3.8, 4) is 0 Å². The number of hydrogen-bond acceptors (Lipinski definition) is 6. The molecule has 3 aromatic heterocycles. The number of thioether (sulfide) groups is 1. The molecule has 1 aliphatic rings. The van der Waals surface area contributed by atoms with Gasteiger partial charge >= 0.3 is 0 Å². The Bertz CT molecular complexity index is 1140. The number of rotatable bonds is 5. The predicted octanol–water partition coefficient (Wildman–Crippen LogP) is 4.89. The maximum Gasteiger partial charge on any atom is 0.253 e. The number of hydrazone groups is 1. The molecule has 4 aromatic rings. The van der Waals surface area contributed by atoms with Crippen LogP contribution in [0.2, 0.25) is 0 Å². The molecule has 6 nitrogen and oxygen atoms in total. The summed E-state index contributed by atoms with van der Waals surface area (Å²) in [5.74, 6) is 1.52. The third-order valence-corrected chi connectivity index (χ3v) is 5.66. The molecular weight excluding hydrogens is 386 g/mol. The average Bonchev–Trinajstić information content (AvgIpc) is 3.51. The molecule has 0 saturated heterocycles. The minimum Gasteiger partial charge on any atom is -0.467 e. The van der Waals surface area contributed by atoms with Gasteiger partial charge in [0.05, 0.1) is 17.0 Å². The quantitative estimate of drug-likeness (QED) is 0.444. The second-order valence-corrected chi connectivity index (χ2v) is 7.62. The fourth-order valence-electron chi connectivity index (χ4n) is 3.35. The van der Waals surface area contributed by atoms with Crippen molar-refractivity contribution in [2.24, 2.45) is 5.10 Å². The summed E-state index contributed by atoms with van der Waals surface area (Å²) in [5, 5.41) is 7.94. The van der Waals surface area contributed by atoms with Gasteiger partial charge in [0.2, 0.25) is 0 Å². The Morgan fingerprint density at radius 2 is 2.03 bits per heavy atom. The minimum absolute atomic E-state index is 0.104. The molecule has 144 valence electrons. The lowest BCUT2D eigenvalue weighted by atomic mass is 10.1. The molecule has 0 aliphatic carbocycles. The summed E-state index contributed by atoms with van der Waals surface area (Å²) in [6, 6.07) is 18.8. The van der Waals surface area contributed by atoms with Gasteiger partial charge in [-0.05, 0) is 36.4 Å². The maximum absolute atomic E-state index is 13.0. The number of furan rings is 2. The monoisotopic (exact) mass is 403 g/mol. The lowest BCUT2D eigenvalue weighted by Crippen LogP contribution is -2.28. The SMILES string of the molecule is O=C(CSc1ccccn1)N1N=C(c2cc3ccccc3o2)C[C@@H]1c1ccco1. The number of nitrogens with zero attached hydrogens (tertiary/aromatic N) is 3. The second kappa shape index (κ2) is 7.60. The number of carbonyl (C=O) groups excluding carboxylic acids is 1. The normalized spacial score (nSPS) is 16.3. The number of hydrogen-bond donors (Lipinski definition) is 0. The fourth-order valence-corrected chi connectivity index (χ4v) is 4.06. The van der Waals surface area contributed by atoms with E-state index < -0.39 is 0 Å². The fraction of sp³-hybridized carbons (Fsp3) is 0.136. The average molecular weight is 403 g/mol. The van der Waals surface area contributed by atoms with E-state index in [1.165, 1.54) is 16.8 Å². The van der Waals surface area contributed by atoms with Crippen molar-refractivity contribution in [3.05, 3.63) is 84.6 Å². The number of carbonyl (C=O) groups is 1. The Morgan fingerprint density at radius 1 is 1.14 bits per heavy atom. The highest BCUT2D eigenvalue weighted by Gasteiger charge is 2.35. The standard InChI is InChI=1S/C22H17N3O3S/c26-22(14-29-21-9-3-4-10-23-21)25-17(19-8-5-11-27-19)13-16(24-25)20-12-15-6-1-2-7-18(15)28-20/h1-12,17H,13-14H2/t17-/m1/s1. The van der Waals surface area contributed by atoms with Crippen LogP contribution in [-0.2, 0) is 4.79 Å². The van der Waals surface area contributed by atoms with Crippen molar-refractivity contribution < 1.29 is 13.6 Å². The molecular formula is C22H17N3O3S. The summed E-state index contributed by atoms with van der Waals surface area (Å²) in [4.78, 5) is 17.2. The predicted molar refractivity (Wildman–Crippen MR) is 111 cm³/mol. The second-order valence-electron chi connectivity index (χ2n) is 6.63. The summed E-state index contributed by atoms with van der Waals surface area (Å²) in [6.07, 6.45) is 3.86. The first-order valence-electron chi connectivity index (χ1n) is 9.23. The number of para-hydroxylation sites is 1. The van der Waals surface area contributed by atoms with Crippen LogP contribution in [0.5, 0.6) is 0 Å². The first-order valence-corrected chi connectivity index (χ1v) is 10.2. The Hall–Kier alpha value is -3.32. The maximum atomic E-state index is 13.0. The highest BCUT2D eigenvalue weighted by molar-refractivity contribution is 7.99. The number of amides is 1. The zero-order chi connectivity index (χ0) is 19.6. The van der Waals surface area contributed by atoms with Crippen molar-refractivity contribution >= 4 is 34.3 Å². The lowest BCUT2D eigenvalue weighted by molar-refractivity contribution is -0.130. The number of fused-ring (bicyclic) bond motifs is 1. The Morgan fingerprint density at radius 3 is 2.83 bits per heavy atom. The molecule has 0 bridgehead atoms. The van der Waals surface area contributed by atoms with Crippen molar-refractivity contribution in [3.63, 3.8) is 0 Å². The summed E-state index contributed by atoms with van der Waals surface area (Å²) < 4.78 is 11.5. The van der Waals surface area contributed by atoms with Crippen molar-refractivity contribution in [2.75, 3.05) is 5.75 Å². The Balaban J connectivity index is 1.42. The Kier molecular flexibility index (Phi) is 4.65. The van der Waals surface area contributed by atoms with Gasteiger partial charge < -0.3 is 8.83 Å². The molecule has 1 aromatic carbocycles. The van der Waals surface area contributed by atoms with Gasteiger partial charge in [-0.15, -0.1) is 0 Å². The van der Waals surface area contributed by atoms with E-state index in [0.29, 0.717) is 17.9 Å². The van der Waals surface area contributed by atoms with Crippen LogP contribution < -0.4 is 0 Å². The molecule has 0 unspecified atom stereocenters. The third kappa shape index (κ3) is 3.56. The molecule has 7 heteroatoms. The van der Waals surface area contributed by atoms with E-state index in [1.807, 2.05) is 60.7 Å². The summed E-state index contributed by atoms with van der Waals surface area (Å²) >= 11 is 1.39. The van der Waals surface area contributed by atoms with E-state index in [2.05, 4.69) is 10.1 Å². The molecule has 0 radical (unpaired) electrons. The van der Waals surface area contributed by atoms with Gasteiger partial charge in [0, 0.05) is 18.0 Å². The molecule has 5 rings (SSSR count). The van der Waals surface area contributed by atoms with Crippen molar-refractivity contribution in [1.29, 1.82) is 0 Å². The summed E-state index contributed by atoms with van der Waals surface area (Å²) in [7, 11) is 0. The zero-order valence-electron chi connectivity index (χ0n) is 15.4. The van der Waals surface area contributed by atoms with Gasteiger partial charge in [-0.3, -0.25) is 4.79 Å². The smallest absolute Gasteiger partial charge is 0.253 e. The van der Waals surface area contributed by atoms with Gasteiger partial charge in [0.15, 0.2) is 5.76 Å². The molecule has 1 aliphatic heterocycles. The van der Waals surface area contributed by atoms with Crippen molar-refractivity contribution in [1.82, 2.24) is 9.99 Å². The molecule has 0 spiro atoms. The van der Waals surface area contributed by atoms with E-state index in [9.17, 15) is 4.79 Å². The van der Waals surface area contributed by atoms with Crippen molar-refractivity contribution in [2.45, 2.75) is 17.5 Å². The topological polar surface area (TPSA) is 71.8 Å². The molecule has 0 fully saturated rings. The molecule has 4 heterocycles. The number of aromatic nitrogens is 1. The largest absolute Gasteiger partial charge is 0.467 e. The van der Waals surface area contributed by atoms with Crippen LogP contribution in [0.25, 0.3) is 11.0 Å². The van der Waals surface area contributed by atoms with Gasteiger partial charge in [0.25, 0.3) is 5.91 Å². The van der Waals surface area contributed by atoms with E-state index in [1.54, 1.807) is 12.5 Å². The zero-order valence-corrected chi connectivity index (χ0v) is 16.2. The van der Waals surface area contributed by atoms with Crippen LogP contribution in [0.4, 0.5) is 0 Å². The minimum atomic E-state index is -0.287. The van der Waals surface area contributed by atoms with Gasteiger partial charge in [-0.25, -0.2) is 9.99 Å². The number of pyridine rings is 1. The first-order chi connectivity index (χ1) is 14.3. The molecule has 1 atom stereocenters. The van der Waals surface area contributed by atoms with Crippen LogP contribution in [0.1, 0.15) is 24.0 Å². The third-order valence-electron chi connectivity index (χ3n) is 4.73.